The maximum atomic E-state index is 11.0. The van der Waals surface area contributed by atoms with E-state index in [1.54, 1.807) is 13.0 Å². The number of aryl methyl sites for hydroxylation is 1. The number of aromatic nitrogens is 1. The zero-order valence-corrected chi connectivity index (χ0v) is 10.2. The fourth-order valence-electron chi connectivity index (χ4n) is 1.00. The second-order valence-electron chi connectivity index (χ2n) is 2.89. The molecule has 80 valence electrons. The molecule has 0 aliphatic heterocycles. The van der Waals surface area contributed by atoms with Crippen molar-refractivity contribution in [2.75, 3.05) is 6.61 Å². The minimum atomic E-state index is -0.347. The summed E-state index contributed by atoms with van der Waals surface area (Å²) in [6.07, 6.45) is 3.01. The molecule has 0 fully saturated rings. The molecule has 1 aromatic heterocycles. The number of ether oxygens (including phenoxy) is 1. The van der Waals surface area contributed by atoms with E-state index in [1.807, 2.05) is 19.1 Å². The molecule has 0 spiro atoms. The van der Waals surface area contributed by atoms with Crippen LogP contribution in [0.3, 0.4) is 0 Å². The summed E-state index contributed by atoms with van der Waals surface area (Å²) in [5, 5.41) is 0. The van der Waals surface area contributed by atoms with Crippen LogP contribution in [-0.2, 0) is 9.53 Å². The lowest BCUT2D eigenvalue weighted by atomic mass is 10.3. The smallest absolute Gasteiger partial charge is 0.330 e. The van der Waals surface area contributed by atoms with Crippen LogP contribution in [0.5, 0.6) is 0 Å². The van der Waals surface area contributed by atoms with Gasteiger partial charge in [0.1, 0.15) is 0 Å². The molecule has 0 unspecified atom stereocenters. The van der Waals surface area contributed by atoms with Gasteiger partial charge in [-0.3, -0.25) is 4.98 Å². The van der Waals surface area contributed by atoms with Gasteiger partial charge in [0.2, 0.25) is 0 Å². The average Bonchev–Trinajstić information content (AvgIpc) is 2.20. The standard InChI is InChI=1S/C11H12BrNO2/c1-3-15-11(14)7-5-9-4-6-10(12)8(2)13-9/h4-7H,3H2,1-2H3. The van der Waals surface area contributed by atoms with Crippen molar-refractivity contribution in [3.05, 3.63) is 34.1 Å². The molecular formula is C11H12BrNO2. The van der Waals surface area contributed by atoms with Crippen LogP contribution in [0.2, 0.25) is 0 Å². The summed E-state index contributed by atoms with van der Waals surface area (Å²) in [6, 6.07) is 3.72. The molecule has 1 heterocycles. The molecule has 0 saturated carbocycles. The SMILES string of the molecule is CCOC(=O)C=Cc1ccc(Br)c(C)n1. The van der Waals surface area contributed by atoms with Crippen molar-refractivity contribution in [1.29, 1.82) is 0 Å². The predicted octanol–water partition coefficient (Wildman–Crippen LogP) is 2.73. The molecule has 0 aromatic carbocycles. The first-order valence-electron chi connectivity index (χ1n) is 4.61. The maximum Gasteiger partial charge on any atom is 0.330 e. The van der Waals surface area contributed by atoms with Gasteiger partial charge >= 0.3 is 5.97 Å². The topological polar surface area (TPSA) is 39.2 Å². The Labute approximate surface area is 97.3 Å². The van der Waals surface area contributed by atoms with Gasteiger partial charge in [-0.25, -0.2) is 4.79 Å². The van der Waals surface area contributed by atoms with Crippen LogP contribution in [0.15, 0.2) is 22.7 Å². The van der Waals surface area contributed by atoms with E-state index in [0.717, 1.165) is 15.9 Å². The van der Waals surface area contributed by atoms with E-state index < -0.39 is 0 Å². The van der Waals surface area contributed by atoms with E-state index in [9.17, 15) is 4.79 Å². The van der Waals surface area contributed by atoms with E-state index >= 15 is 0 Å². The zero-order chi connectivity index (χ0) is 11.3. The highest BCUT2D eigenvalue weighted by molar-refractivity contribution is 9.10. The highest BCUT2D eigenvalue weighted by atomic mass is 79.9. The van der Waals surface area contributed by atoms with Gasteiger partial charge in [-0.15, -0.1) is 0 Å². The van der Waals surface area contributed by atoms with Gasteiger partial charge in [0.05, 0.1) is 18.0 Å². The molecule has 0 N–H and O–H groups in total. The van der Waals surface area contributed by atoms with Gasteiger partial charge in [0.25, 0.3) is 0 Å². The Bertz CT molecular complexity index is 388. The minimum absolute atomic E-state index is 0.347. The van der Waals surface area contributed by atoms with Crippen molar-refractivity contribution in [3.63, 3.8) is 0 Å². The third-order valence-electron chi connectivity index (χ3n) is 1.72. The predicted molar refractivity (Wildman–Crippen MR) is 62.3 cm³/mol. The first-order chi connectivity index (χ1) is 7.13. The molecule has 15 heavy (non-hydrogen) atoms. The number of rotatable bonds is 3. The molecule has 1 rings (SSSR count). The Morgan fingerprint density at radius 1 is 1.60 bits per heavy atom. The van der Waals surface area contributed by atoms with Gasteiger partial charge in [0, 0.05) is 10.5 Å². The molecule has 0 aliphatic carbocycles. The molecule has 0 saturated heterocycles. The fourth-order valence-corrected chi connectivity index (χ4v) is 1.22. The first kappa shape index (κ1) is 11.9. The summed E-state index contributed by atoms with van der Waals surface area (Å²) in [5.41, 5.74) is 1.63. The van der Waals surface area contributed by atoms with Crippen molar-refractivity contribution < 1.29 is 9.53 Å². The van der Waals surface area contributed by atoms with Crippen LogP contribution in [0.25, 0.3) is 6.08 Å². The van der Waals surface area contributed by atoms with Crippen molar-refractivity contribution in [3.8, 4) is 0 Å². The molecule has 0 atom stereocenters. The van der Waals surface area contributed by atoms with Crippen molar-refractivity contribution in [1.82, 2.24) is 4.98 Å². The lowest BCUT2D eigenvalue weighted by Gasteiger charge is -1.98. The first-order valence-corrected chi connectivity index (χ1v) is 5.40. The Hall–Kier alpha value is -1.16. The van der Waals surface area contributed by atoms with Crippen LogP contribution in [0, 0.1) is 6.92 Å². The third kappa shape index (κ3) is 3.83. The summed E-state index contributed by atoms with van der Waals surface area (Å²) in [4.78, 5) is 15.3. The molecule has 4 heteroatoms. The summed E-state index contributed by atoms with van der Waals surface area (Å²) in [5.74, 6) is -0.347. The number of halogens is 1. The number of nitrogens with zero attached hydrogens (tertiary/aromatic N) is 1. The lowest BCUT2D eigenvalue weighted by molar-refractivity contribution is -0.137. The zero-order valence-electron chi connectivity index (χ0n) is 8.66. The Morgan fingerprint density at radius 2 is 2.33 bits per heavy atom. The maximum absolute atomic E-state index is 11.0. The molecule has 0 bridgehead atoms. The van der Waals surface area contributed by atoms with Crippen LogP contribution < -0.4 is 0 Å². The van der Waals surface area contributed by atoms with Crippen molar-refractivity contribution in [2.45, 2.75) is 13.8 Å². The molecule has 3 nitrogen and oxygen atoms in total. The van der Waals surface area contributed by atoms with E-state index in [0.29, 0.717) is 6.61 Å². The summed E-state index contributed by atoms with van der Waals surface area (Å²) >= 11 is 3.36. The Balaban J connectivity index is 2.72. The highest BCUT2D eigenvalue weighted by Gasteiger charge is 1.97. The Kier molecular flexibility index (Phi) is 4.49. The molecule has 1 aromatic rings. The second kappa shape index (κ2) is 5.66. The van der Waals surface area contributed by atoms with Crippen molar-refractivity contribution in [2.24, 2.45) is 0 Å². The second-order valence-corrected chi connectivity index (χ2v) is 3.74. The lowest BCUT2D eigenvalue weighted by Crippen LogP contribution is -1.98. The van der Waals surface area contributed by atoms with Gasteiger partial charge < -0.3 is 4.74 Å². The molecule has 0 amide bonds. The summed E-state index contributed by atoms with van der Waals surface area (Å²) in [7, 11) is 0. The van der Waals surface area contributed by atoms with Gasteiger partial charge in [0.15, 0.2) is 0 Å². The van der Waals surface area contributed by atoms with Crippen molar-refractivity contribution >= 4 is 28.0 Å². The van der Waals surface area contributed by atoms with Crippen LogP contribution >= 0.6 is 15.9 Å². The number of hydrogen-bond acceptors (Lipinski definition) is 3. The normalized spacial score (nSPS) is 10.6. The quantitative estimate of drug-likeness (QED) is 0.626. The van der Waals surface area contributed by atoms with E-state index in [2.05, 4.69) is 20.9 Å². The van der Waals surface area contributed by atoms with Crippen LogP contribution in [0.4, 0.5) is 0 Å². The average molecular weight is 270 g/mol. The molecule has 0 radical (unpaired) electrons. The molecule has 0 aliphatic rings. The van der Waals surface area contributed by atoms with Gasteiger partial charge in [-0.1, -0.05) is 0 Å². The van der Waals surface area contributed by atoms with Gasteiger partial charge in [-0.2, -0.15) is 0 Å². The summed E-state index contributed by atoms with van der Waals surface area (Å²) < 4.78 is 5.71. The van der Waals surface area contributed by atoms with E-state index in [-0.39, 0.29) is 5.97 Å². The largest absolute Gasteiger partial charge is 0.463 e. The fraction of sp³-hybridized carbons (Fsp3) is 0.273. The van der Waals surface area contributed by atoms with Gasteiger partial charge in [-0.05, 0) is 48.0 Å². The minimum Gasteiger partial charge on any atom is -0.463 e. The number of pyridine rings is 1. The molecular weight excluding hydrogens is 258 g/mol. The monoisotopic (exact) mass is 269 g/mol. The number of carbonyl (C=O) groups excluding carboxylic acids is 1. The third-order valence-corrected chi connectivity index (χ3v) is 2.56. The number of esters is 1. The summed E-state index contributed by atoms with van der Waals surface area (Å²) in [6.45, 7) is 4.05. The van der Waals surface area contributed by atoms with E-state index in [1.165, 1.54) is 6.08 Å². The Morgan fingerprint density at radius 3 is 2.93 bits per heavy atom. The highest BCUT2D eigenvalue weighted by Crippen LogP contribution is 2.14. The number of hydrogen-bond donors (Lipinski definition) is 0. The number of carbonyl (C=O) groups is 1. The van der Waals surface area contributed by atoms with E-state index in [4.69, 9.17) is 4.74 Å². The van der Waals surface area contributed by atoms with Crippen LogP contribution in [0.1, 0.15) is 18.3 Å². The van der Waals surface area contributed by atoms with Crippen LogP contribution in [-0.4, -0.2) is 17.6 Å².